The summed E-state index contributed by atoms with van der Waals surface area (Å²) in [5, 5.41) is 5.67. The monoisotopic (exact) mass is 378 g/mol. The summed E-state index contributed by atoms with van der Waals surface area (Å²) >= 11 is 0. The van der Waals surface area contributed by atoms with Crippen molar-refractivity contribution in [3.8, 4) is 11.5 Å². The molecule has 144 valence electrons. The number of likely N-dealkylation sites (tertiary alicyclic amines) is 1. The normalized spacial score (nSPS) is 16.3. The van der Waals surface area contributed by atoms with Gasteiger partial charge in [0.15, 0.2) is 5.58 Å². The Bertz CT molecular complexity index is 963. The summed E-state index contributed by atoms with van der Waals surface area (Å²) in [6.45, 7) is 3.00. The molecule has 1 aromatic heterocycles. The first-order valence-electron chi connectivity index (χ1n) is 9.47. The smallest absolute Gasteiger partial charge is 0.318 e. The molecule has 1 atom stereocenters. The second-order valence-corrected chi connectivity index (χ2v) is 6.74. The quantitative estimate of drug-likeness (QED) is 0.726. The molecule has 1 aliphatic rings. The highest BCUT2D eigenvalue weighted by molar-refractivity contribution is 5.97. The highest BCUT2D eigenvalue weighted by atomic mass is 16.3. The Labute approximate surface area is 162 Å². The predicted octanol–water partition coefficient (Wildman–Crippen LogP) is 3.63. The van der Waals surface area contributed by atoms with E-state index in [1.807, 2.05) is 55.5 Å². The molecule has 1 aliphatic heterocycles. The van der Waals surface area contributed by atoms with E-state index in [1.165, 1.54) is 0 Å². The fourth-order valence-corrected chi connectivity index (χ4v) is 3.45. The van der Waals surface area contributed by atoms with E-state index in [-0.39, 0.29) is 11.9 Å². The van der Waals surface area contributed by atoms with Gasteiger partial charge in [-0.2, -0.15) is 0 Å². The lowest BCUT2D eigenvalue weighted by molar-refractivity contribution is -0.119. The van der Waals surface area contributed by atoms with E-state index in [9.17, 15) is 9.59 Å². The van der Waals surface area contributed by atoms with Crippen molar-refractivity contribution in [1.82, 2.24) is 15.2 Å². The second-order valence-electron chi connectivity index (χ2n) is 6.74. The summed E-state index contributed by atoms with van der Waals surface area (Å²) < 4.78 is 5.77. The van der Waals surface area contributed by atoms with Gasteiger partial charge in [-0.05, 0) is 56.2 Å². The standard InChI is InChI=1S/C21H22N4O3/c1-2-22-21(27)25-13-5-7-17(25)19(26)23-15-11-9-14(10-12-15)20-24-16-6-3-4-8-18(16)28-20/h3-4,6,8-12,17H,2,5,7,13H2,1H3,(H,22,27)(H,23,26)/t17-/m1/s1. The van der Waals surface area contributed by atoms with Crippen LogP contribution >= 0.6 is 0 Å². The van der Waals surface area contributed by atoms with Crippen LogP contribution in [0.3, 0.4) is 0 Å². The summed E-state index contributed by atoms with van der Waals surface area (Å²) in [5.41, 5.74) is 3.05. The number of urea groups is 1. The van der Waals surface area contributed by atoms with Crippen molar-refractivity contribution in [2.75, 3.05) is 18.4 Å². The van der Waals surface area contributed by atoms with E-state index in [0.717, 1.165) is 23.1 Å². The van der Waals surface area contributed by atoms with Gasteiger partial charge in [-0.25, -0.2) is 9.78 Å². The summed E-state index contributed by atoms with van der Waals surface area (Å²) in [6.07, 6.45) is 1.50. The van der Waals surface area contributed by atoms with Gasteiger partial charge in [0, 0.05) is 24.3 Å². The molecule has 2 heterocycles. The molecule has 0 unspecified atom stereocenters. The molecule has 7 nitrogen and oxygen atoms in total. The number of nitrogens with zero attached hydrogens (tertiary/aromatic N) is 2. The van der Waals surface area contributed by atoms with Crippen LogP contribution in [0.1, 0.15) is 19.8 Å². The number of hydrogen-bond acceptors (Lipinski definition) is 4. The molecule has 0 radical (unpaired) electrons. The van der Waals surface area contributed by atoms with Gasteiger partial charge in [-0.15, -0.1) is 0 Å². The Morgan fingerprint density at radius 1 is 1.18 bits per heavy atom. The zero-order chi connectivity index (χ0) is 19.5. The number of carbonyl (C=O) groups is 2. The zero-order valence-corrected chi connectivity index (χ0v) is 15.6. The van der Waals surface area contributed by atoms with E-state index in [2.05, 4.69) is 15.6 Å². The topological polar surface area (TPSA) is 87.5 Å². The number of hydrogen-bond donors (Lipinski definition) is 2. The predicted molar refractivity (Wildman–Crippen MR) is 107 cm³/mol. The first-order valence-corrected chi connectivity index (χ1v) is 9.47. The molecule has 28 heavy (non-hydrogen) atoms. The Hall–Kier alpha value is -3.35. The van der Waals surface area contributed by atoms with Gasteiger partial charge in [0.05, 0.1) is 0 Å². The summed E-state index contributed by atoms with van der Waals surface area (Å²) in [4.78, 5) is 30.8. The number of fused-ring (bicyclic) bond motifs is 1. The molecule has 2 N–H and O–H groups in total. The molecular formula is C21H22N4O3. The fraction of sp³-hybridized carbons (Fsp3) is 0.286. The lowest BCUT2D eigenvalue weighted by atomic mass is 10.1. The van der Waals surface area contributed by atoms with Crippen LogP contribution in [0.5, 0.6) is 0 Å². The van der Waals surface area contributed by atoms with E-state index in [4.69, 9.17) is 4.42 Å². The van der Waals surface area contributed by atoms with Crippen molar-refractivity contribution in [2.24, 2.45) is 0 Å². The van der Waals surface area contributed by atoms with E-state index < -0.39 is 6.04 Å². The minimum Gasteiger partial charge on any atom is -0.436 e. The number of para-hydroxylation sites is 2. The number of oxazole rings is 1. The maximum atomic E-state index is 12.6. The summed E-state index contributed by atoms with van der Waals surface area (Å²) in [5.74, 6) is 0.371. The second kappa shape index (κ2) is 7.72. The molecule has 1 saturated heterocycles. The molecule has 3 amide bonds. The maximum absolute atomic E-state index is 12.6. The molecule has 7 heteroatoms. The lowest BCUT2D eigenvalue weighted by Crippen LogP contribution is -2.47. The molecule has 0 spiro atoms. The minimum atomic E-state index is -0.441. The summed E-state index contributed by atoms with van der Waals surface area (Å²) in [7, 11) is 0. The molecule has 0 bridgehead atoms. The highest BCUT2D eigenvalue weighted by Gasteiger charge is 2.33. The molecule has 0 aliphatic carbocycles. The average Bonchev–Trinajstić information content (AvgIpc) is 3.36. The third kappa shape index (κ3) is 3.55. The van der Waals surface area contributed by atoms with Gasteiger partial charge < -0.3 is 20.0 Å². The van der Waals surface area contributed by atoms with Crippen LogP contribution in [0.25, 0.3) is 22.6 Å². The van der Waals surface area contributed by atoms with E-state index in [1.54, 1.807) is 4.90 Å². The van der Waals surface area contributed by atoms with Crippen LogP contribution in [0, 0.1) is 0 Å². The number of rotatable bonds is 4. The number of amides is 3. The van der Waals surface area contributed by atoms with Crippen molar-refractivity contribution in [3.63, 3.8) is 0 Å². The first kappa shape index (κ1) is 18.0. The summed E-state index contributed by atoms with van der Waals surface area (Å²) in [6, 6.07) is 14.3. The van der Waals surface area contributed by atoms with Crippen molar-refractivity contribution in [3.05, 3.63) is 48.5 Å². The molecule has 1 fully saturated rings. The van der Waals surface area contributed by atoms with E-state index >= 15 is 0 Å². The first-order chi connectivity index (χ1) is 13.7. The van der Waals surface area contributed by atoms with Gasteiger partial charge in [0.1, 0.15) is 11.6 Å². The average molecular weight is 378 g/mol. The number of benzene rings is 2. The van der Waals surface area contributed by atoms with Crippen LogP contribution in [0.4, 0.5) is 10.5 Å². The minimum absolute atomic E-state index is 0.168. The van der Waals surface area contributed by atoms with Crippen molar-refractivity contribution in [2.45, 2.75) is 25.8 Å². The van der Waals surface area contributed by atoms with Gasteiger partial charge in [-0.1, -0.05) is 12.1 Å². The van der Waals surface area contributed by atoms with E-state index in [0.29, 0.717) is 31.1 Å². The number of nitrogens with one attached hydrogen (secondary N) is 2. The Kier molecular flexibility index (Phi) is 4.97. The van der Waals surface area contributed by atoms with Gasteiger partial charge in [0.2, 0.25) is 11.8 Å². The number of anilines is 1. The zero-order valence-electron chi connectivity index (χ0n) is 15.6. The van der Waals surface area contributed by atoms with Crippen molar-refractivity contribution < 1.29 is 14.0 Å². The molecule has 3 aromatic rings. The molecule has 0 saturated carbocycles. The van der Waals surface area contributed by atoms with Crippen molar-refractivity contribution in [1.29, 1.82) is 0 Å². The SMILES string of the molecule is CCNC(=O)N1CCC[C@@H]1C(=O)Nc1ccc(-c2nc3ccccc3o2)cc1. The van der Waals surface area contributed by atoms with Crippen LogP contribution in [-0.4, -0.2) is 41.0 Å². The third-order valence-corrected chi connectivity index (χ3v) is 4.84. The third-order valence-electron chi connectivity index (χ3n) is 4.84. The van der Waals surface area contributed by atoms with Crippen LogP contribution in [0.15, 0.2) is 52.9 Å². The molecule has 2 aromatic carbocycles. The van der Waals surface area contributed by atoms with Gasteiger partial charge >= 0.3 is 6.03 Å². The number of aromatic nitrogens is 1. The van der Waals surface area contributed by atoms with Crippen LogP contribution in [0.2, 0.25) is 0 Å². The van der Waals surface area contributed by atoms with Gasteiger partial charge in [0.25, 0.3) is 0 Å². The fourth-order valence-electron chi connectivity index (χ4n) is 3.45. The van der Waals surface area contributed by atoms with Gasteiger partial charge in [-0.3, -0.25) is 4.79 Å². The largest absolute Gasteiger partial charge is 0.436 e. The number of carbonyl (C=O) groups excluding carboxylic acids is 2. The molecule has 4 rings (SSSR count). The Morgan fingerprint density at radius 3 is 2.71 bits per heavy atom. The maximum Gasteiger partial charge on any atom is 0.318 e. The lowest BCUT2D eigenvalue weighted by Gasteiger charge is -2.24. The molecular weight excluding hydrogens is 356 g/mol. The highest BCUT2D eigenvalue weighted by Crippen LogP contribution is 2.26. The van der Waals surface area contributed by atoms with Crippen LogP contribution < -0.4 is 10.6 Å². The van der Waals surface area contributed by atoms with Crippen molar-refractivity contribution >= 4 is 28.7 Å². The Morgan fingerprint density at radius 2 is 1.96 bits per heavy atom. The Balaban J connectivity index is 1.45. The van der Waals surface area contributed by atoms with Crippen LogP contribution in [-0.2, 0) is 4.79 Å².